The SMILES string of the molecule is C=Cc1ccc(Oc2ccc(C3(c4ccccc4)c4ccccc4-c4ccc(N(c5ccc(-c6ccc7c(c6)c6cc(Oc8ccc(C=C)cc8)ccc6n7-c6ccccc6)cc5)c5cccc6ccccc56)cc43)cc2)cc1. The van der Waals surface area contributed by atoms with E-state index >= 15 is 0 Å². The normalized spacial score (nSPS) is 13.5. The maximum atomic E-state index is 6.47. The fraction of sp³-hybridized carbons (Fsp3) is 0.0133. The zero-order chi connectivity index (χ0) is 52.9. The van der Waals surface area contributed by atoms with Crippen molar-refractivity contribution in [3.63, 3.8) is 0 Å². The number of hydrogen-bond acceptors (Lipinski definition) is 3. The van der Waals surface area contributed by atoms with E-state index in [1.807, 2.05) is 60.7 Å². The lowest BCUT2D eigenvalue weighted by Gasteiger charge is -2.35. The van der Waals surface area contributed by atoms with Gasteiger partial charge in [-0.15, -0.1) is 0 Å². The number of para-hydroxylation sites is 1. The second kappa shape index (κ2) is 19.6. The van der Waals surface area contributed by atoms with E-state index in [2.05, 4.69) is 253 Å². The molecule has 0 spiro atoms. The summed E-state index contributed by atoms with van der Waals surface area (Å²) in [5.74, 6) is 3.10. The number of anilines is 3. The summed E-state index contributed by atoms with van der Waals surface area (Å²) in [6.45, 7) is 7.83. The van der Waals surface area contributed by atoms with Gasteiger partial charge in [0.15, 0.2) is 0 Å². The van der Waals surface area contributed by atoms with Gasteiger partial charge in [-0.05, 0) is 170 Å². The van der Waals surface area contributed by atoms with Crippen LogP contribution in [0.25, 0.3) is 72.7 Å². The van der Waals surface area contributed by atoms with E-state index in [9.17, 15) is 0 Å². The fourth-order valence-electron chi connectivity index (χ4n) is 12.0. The summed E-state index contributed by atoms with van der Waals surface area (Å²) in [6.07, 6.45) is 3.68. The average Bonchev–Trinajstić information content (AvgIpc) is 3.45. The molecular weight excluding hydrogens is 961 g/mol. The Morgan fingerprint density at radius 3 is 1.61 bits per heavy atom. The Bertz CT molecular complexity index is 4420. The number of aromatic nitrogens is 1. The summed E-state index contributed by atoms with van der Waals surface area (Å²) < 4.78 is 15.2. The van der Waals surface area contributed by atoms with Crippen molar-refractivity contribution in [2.75, 3.05) is 4.90 Å². The Labute approximate surface area is 460 Å². The van der Waals surface area contributed by atoms with Crippen LogP contribution in [0.4, 0.5) is 17.1 Å². The van der Waals surface area contributed by atoms with Gasteiger partial charge in [0.1, 0.15) is 23.0 Å². The Morgan fingerprint density at radius 2 is 0.899 bits per heavy atom. The standard InChI is InChI=1S/C75H52N2O2/c1-3-51-26-38-61(39-27-51)78-63-42-33-57(34-43-63)75(56-18-7-5-8-19-56)70-24-14-13-23-66(70)67-45-37-60(49-71(67)75)76(72-25-15-17-54-16-11-12-22-65(54)72)59-35-30-53(31-36-59)55-32-46-73-68(48-55)69-50-64(79-62-40-28-52(4-2)29-41-62)44-47-74(69)77(73)58-20-9-6-10-21-58/h3-50H,1-2H2. The lowest BCUT2D eigenvalue weighted by molar-refractivity contribution is 0.482. The van der Waals surface area contributed by atoms with E-state index in [0.717, 1.165) is 95.4 Å². The highest BCUT2D eigenvalue weighted by molar-refractivity contribution is 6.11. The van der Waals surface area contributed by atoms with Crippen LogP contribution in [0.2, 0.25) is 0 Å². The molecule has 374 valence electrons. The fourth-order valence-corrected chi connectivity index (χ4v) is 12.0. The molecule has 12 aromatic carbocycles. The second-order valence-corrected chi connectivity index (χ2v) is 20.1. The Morgan fingerprint density at radius 1 is 0.367 bits per heavy atom. The van der Waals surface area contributed by atoms with Crippen LogP contribution in [0.15, 0.2) is 292 Å². The van der Waals surface area contributed by atoms with Crippen LogP contribution in [0.3, 0.4) is 0 Å². The highest BCUT2D eigenvalue weighted by atomic mass is 16.5. The molecular formula is C75H52N2O2. The molecule has 1 aliphatic rings. The van der Waals surface area contributed by atoms with Gasteiger partial charge in [0.2, 0.25) is 0 Å². The van der Waals surface area contributed by atoms with E-state index in [1.54, 1.807) is 0 Å². The minimum Gasteiger partial charge on any atom is -0.457 e. The number of benzene rings is 12. The smallest absolute Gasteiger partial charge is 0.128 e. The monoisotopic (exact) mass is 1010 g/mol. The molecule has 14 rings (SSSR count). The van der Waals surface area contributed by atoms with E-state index in [-0.39, 0.29) is 0 Å². The maximum absolute atomic E-state index is 6.47. The molecule has 79 heavy (non-hydrogen) atoms. The molecule has 1 unspecified atom stereocenters. The second-order valence-electron chi connectivity index (χ2n) is 20.1. The van der Waals surface area contributed by atoms with Crippen molar-refractivity contribution in [3.8, 4) is 50.9 Å². The Kier molecular flexibility index (Phi) is 11.7. The van der Waals surface area contributed by atoms with Crippen LogP contribution < -0.4 is 14.4 Å². The molecule has 0 fully saturated rings. The predicted octanol–water partition coefficient (Wildman–Crippen LogP) is 20.3. The first kappa shape index (κ1) is 47.1. The summed E-state index contributed by atoms with van der Waals surface area (Å²) in [4.78, 5) is 2.43. The van der Waals surface area contributed by atoms with Crippen molar-refractivity contribution >= 4 is 61.8 Å². The minimum atomic E-state index is -0.645. The highest BCUT2D eigenvalue weighted by Crippen LogP contribution is 2.58. The number of fused-ring (bicyclic) bond motifs is 7. The maximum Gasteiger partial charge on any atom is 0.128 e. The third kappa shape index (κ3) is 8.17. The third-order valence-electron chi connectivity index (χ3n) is 15.7. The van der Waals surface area contributed by atoms with Crippen LogP contribution in [-0.2, 0) is 5.41 Å². The van der Waals surface area contributed by atoms with E-state index in [0.29, 0.717) is 0 Å². The molecule has 0 saturated carbocycles. The third-order valence-corrected chi connectivity index (χ3v) is 15.7. The molecule has 1 aromatic heterocycles. The van der Waals surface area contributed by atoms with Crippen molar-refractivity contribution < 1.29 is 9.47 Å². The molecule has 0 aliphatic heterocycles. The summed E-state index contributed by atoms with van der Waals surface area (Å²) in [5.41, 5.74) is 17.5. The predicted molar refractivity (Wildman–Crippen MR) is 329 cm³/mol. The number of hydrogen-bond donors (Lipinski definition) is 0. The minimum absolute atomic E-state index is 0.645. The first-order chi connectivity index (χ1) is 39.0. The van der Waals surface area contributed by atoms with Gasteiger partial charge < -0.3 is 18.9 Å². The number of nitrogens with zero attached hydrogens (tertiary/aromatic N) is 2. The van der Waals surface area contributed by atoms with Gasteiger partial charge in [0.25, 0.3) is 0 Å². The van der Waals surface area contributed by atoms with Gasteiger partial charge in [0, 0.05) is 33.2 Å². The van der Waals surface area contributed by atoms with E-state index in [1.165, 1.54) is 38.6 Å². The van der Waals surface area contributed by atoms with Gasteiger partial charge in [-0.3, -0.25) is 0 Å². The van der Waals surface area contributed by atoms with Crippen LogP contribution in [0.1, 0.15) is 33.4 Å². The summed E-state index contributed by atoms with van der Waals surface area (Å²) >= 11 is 0. The van der Waals surface area contributed by atoms with Crippen LogP contribution in [0, 0.1) is 0 Å². The van der Waals surface area contributed by atoms with Crippen molar-refractivity contribution in [2.24, 2.45) is 0 Å². The highest BCUT2D eigenvalue weighted by Gasteiger charge is 2.46. The molecule has 4 nitrogen and oxygen atoms in total. The van der Waals surface area contributed by atoms with Crippen molar-refractivity contribution in [1.29, 1.82) is 0 Å². The van der Waals surface area contributed by atoms with Crippen molar-refractivity contribution in [1.82, 2.24) is 4.57 Å². The molecule has 13 aromatic rings. The van der Waals surface area contributed by atoms with Crippen molar-refractivity contribution in [3.05, 3.63) is 326 Å². The Balaban J connectivity index is 0.897. The Hall–Kier alpha value is -10.4. The first-order valence-corrected chi connectivity index (χ1v) is 26.8. The molecule has 1 atom stereocenters. The van der Waals surface area contributed by atoms with Gasteiger partial charge in [-0.25, -0.2) is 0 Å². The number of rotatable bonds is 13. The average molecular weight is 1010 g/mol. The molecule has 0 amide bonds. The van der Waals surface area contributed by atoms with Crippen LogP contribution in [-0.4, -0.2) is 4.57 Å². The van der Waals surface area contributed by atoms with Gasteiger partial charge in [0.05, 0.1) is 22.1 Å². The summed E-state index contributed by atoms with van der Waals surface area (Å²) in [5, 5.41) is 4.60. The molecule has 0 radical (unpaired) electrons. The zero-order valence-electron chi connectivity index (χ0n) is 43.3. The molecule has 0 saturated heterocycles. The van der Waals surface area contributed by atoms with Crippen LogP contribution >= 0.6 is 0 Å². The van der Waals surface area contributed by atoms with Gasteiger partial charge in [-0.2, -0.15) is 0 Å². The van der Waals surface area contributed by atoms with Gasteiger partial charge in [-0.1, -0.05) is 195 Å². The zero-order valence-corrected chi connectivity index (χ0v) is 43.3. The lowest BCUT2D eigenvalue weighted by atomic mass is 9.67. The quantitative estimate of drug-likeness (QED) is 0.115. The van der Waals surface area contributed by atoms with Crippen molar-refractivity contribution in [2.45, 2.75) is 5.41 Å². The lowest BCUT2D eigenvalue weighted by Crippen LogP contribution is -2.28. The summed E-state index contributed by atoms with van der Waals surface area (Å²) in [6, 6.07) is 99.9. The summed E-state index contributed by atoms with van der Waals surface area (Å²) in [7, 11) is 0. The molecule has 0 bridgehead atoms. The largest absolute Gasteiger partial charge is 0.457 e. The van der Waals surface area contributed by atoms with E-state index in [4.69, 9.17) is 9.47 Å². The number of ether oxygens (including phenoxy) is 2. The molecule has 0 N–H and O–H groups in total. The molecule has 1 aliphatic carbocycles. The van der Waals surface area contributed by atoms with E-state index < -0.39 is 5.41 Å². The van der Waals surface area contributed by atoms with Gasteiger partial charge >= 0.3 is 0 Å². The molecule has 4 heteroatoms. The molecule has 1 heterocycles. The first-order valence-electron chi connectivity index (χ1n) is 26.8. The topological polar surface area (TPSA) is 26.6 Å². The van der Waals surface area contributed by atoms with Crippen LogP contribution in [0.5, 0.6) is 23.0 Å².